The molecule has 0 saturated carbocycles. The van der Waals surface area contributed by atoms with Crippen LogP contribution in [0.3, 0.4) is 0 Å². The van der Waals surface area contributed by atoms with Crippen LogP contribution < -0.4 is 0 Å². The van der Waals surface area contributed by atoms with E-state index in [1.165, 1.54) is 33.4 Å². The van der Waals surface area contributed by atoms with Crippen LogP contribution in [-0.2, 0) is 10.2 Å². The molecule has 0 radical (unpaired) electrons. The number of rotatable bonds is 2. The van der Waals surface area contributed by atoms with E-state index in [0.29, 0.717) is 13.2 Å². The van der Waals surface area contributed by atoms with Gasteiger partial charge in [-0.25, -0.2) is 0 Å². The molecule has 1 aliphatic carbocycles. The quantitative estimate of drug-likeness (QED) is 0.720. The van der Waals surface area contributed by atoms with Crippen molar-refractivity contribution in [3.8, 4) is 0 Å². The van der Waals surface area contributed by atoms with Crippen LogP contribution in [-0.4, -0.2) is 19.0 Å². The number of hydrogen-bond donors (Lipinski definition) is 0. The number of hydrogen-bond acceptors (Lipinski definition) is 2. The van der Waals surface area contributed by atoms with Gasteiger partial charge in [0.1, 0.15) is 0 Å². The van der Waals surface area contributed by atoms with Gasteiger partial charge in [-0.3, -0.25) is 4.79 Å². The second-order valence-electron chi connectivity index (χ2n) is 7.37. The number of benzene rings is 2. The van der Waals surface area contributed by atoms with Crippen molar-refractivity contribution in [1.29, 1.82) is 0 Å². The van der Waals surface area contributed by atoms with Crippen LogP contribution >= 0.6 is 0 Å². The molecule has 0 spiro atoms. The zero-order valence-corrected chi connectivity index (χ0v) is 14.9. The third-order valence-electron chi connectivity index (χ3n) is 5.32. The number of ether oxygens (including phenoxy) is 1. The number of fused-ring (bicyclic) bond motifs is 2. The Balaban J connectivity index is 1.87. The summed E-state index contributed by atoms with van der Waals surface area (Å²) in [7, 11) is 0. The molecule has 2 aromatic rings. The molecule has 2 aliphatic rings. The maximum absolute atomic E-state index is 11.8. The zero-order valence-electron chi connectivity index (χ0n) is 14.9. The fraction of sp³-hybridized carbons (Fsp3) is 0.261. The highest BCUT2D eigenvalue weighted by Crippen LogP contribution is 2.51. The Morgan fingerprint density at radius 1 is 1.08 bits per heavy atom. The minimum atomic E-state index is -0.124. The Kier molecular flexibility index (Phi) is 3.73. The van der Waals surface area contributed by atoms with Gasteiger partial charge in [-0.1, -0.05) is 56.3 Å². The second kappa shape index (κ2) is 5.82. The summed E-state index contributed by atoms with van der Waals surface area (Å²) in [5, 5.41) is 0. The molecule has 0 saturated heterocycles. The average molecular weight is 330 g/mol. The van der Waals surface area contributed by atoms with Crippen molar-refractivity contribution in [2.75, 3.05) is 13.2 Å². The lowest BCUT2D eigenvalue weighted by Crippen LogP contribution is -2.23. The predicted molar refractivity (Wildman–Crippen MR) is 102 cm³/mol. The molecule has 0 amide bonds. The van der Waals surface area contributed by atoms with Gasteiger partial charge in [0.2, 0.25) is 0 Å². The highest BCUT2D eigenvalue weighted by molar-refractivity contribution is 5.96. The zero-order chi connectivity index (χ0) is 17.6. The number of ketones is 1. The van der Waals surface area contributed by atoms with Crippen molar-refractivity contribution in [2.24, 2.45) is 0 Å². The highest BCUT2D eigenvalue weighted by atomic mass is 16.5. The standard InChI is InChI=1S/C23H22O2/c1-15(24)17-9-10-19-20-14-25-13-18(11-16-7-5-4-6-8-16)22(20)23(2,3)21(19)12-17/h4-12H,13-14H2,1-3H3/b18-11+. The Bertz CT molecular complexity index is 914. The fourth-order valence-corrected chi connectivity index (χ4v) is 4.13. The van der Waals surface area contributed by atoms with Crippen LogP contribution in [0.15, 0.2) is 59.7 Å². The van der Waals surface area contributed by atoms with Crippen molar-refractivity contribution < 1.29 is 9.53 Å². The Morgan fingerprint density at radius 2 is 1.84 bits per heavy atom. The van der Waals surface area contributed by atoms with Gasteiger partial charge < -0.3 is 4.74 Å². The fourth-order valence-electron chi connectivity index (χ4n) is 4.13. The van der Waals surface area contributed by atoms with E-state index < -0.39 is 0 Å². The van der Waals surface area contributed by atoms with E-state index in [2.05, 4.69) is 56.3 Å². The lowest BCUT2D eigenvalue weighted by atomic mass is 9.77. The van der Waals surface area contributed by atoms with Gasteiger partial charge in [-0.15, -0.1) is 0 Å². The minimum Gasteiger partial charge on any atom is -0.372 e. The first-order valence-electron chi connectivity index (χ1n) is 8.71. The van der Waals surface area contributed by atoms with Gasteiger partial charge in [-0.2, -0.15) is 0 Å². The SMILES string of the molecule is CC(=O)c1ccc2c(c1)C(C)(C)C1=C2COC/C1=C\c1ccccc1. The number of carbonyl (C=O) groups is 1. The van der Waals surface area contributed by atoms with E-state index in [1.807, 2.05) is 12.1 Å². The Morgan fingerprint density at radius 3 is 2.56 bits per heavy atom. The van der Waals surface area contributed by atoms with E-state index in [-0.39, 0.29) is 11.2 Å². The first-order chi connectivity index (χ1) is 12.0. The molecule has 0 unspecified atom stereocenters. The van der Waals surface area contributed by atoms with Crippen molar-refractivity contribution >= 4 is 17.4 Å². The molecular formula is C23H22O2. The van der Waals surface area contributed by atoms with Crippen LogP contribution in [0.25, 0.3) is 11.6 Å². The monoisotopic (exact) mass is 330 g/mol. The van der Waals surface area contributed by atoms with Gasteiger partial charge in [0.05, 0.1) is 13.2 Å². The van der Waals surface area contributed by atoms with Gasteiger partial charge in [0, 0.05) is 11.0 Å². The topological polar surface area (TPSA) is 26.3 Å². The summed E-state index contributed by atoms with van der Waals surface area (Å²) in [5.41, 5.74) is 8.16. The number of Topliss-reactive ketones (excluding diaryl/α,β-unsaturated/α-hetero) is 1. The van der Waals surface area contributed by atoms with Gasteiger partial charge in [0.15, 0.2) is 5.78 Å². The third-order valence-corrected chi connectivity index (χ3v) is 5.32. The predicted octanol–water partition coefficient (Wildman–Crippen LogP) is 5.05. The largest absolute Gasteiger partial charge is 0.372 e. The second-order valence-corrected chi connectivity index (χ2v) is 7.37. The summed E-state index contributed by atoms with van der Waals surface area (Å²) in [6.45, 7) is 7.40. The third kappa shape index (κ3) is 2.58. The summed E-state index contributed by atoms with van der Waals surface area (Å²) < 4.78 is 5.90. The summed E-state index contributed by atoms with van der Waals surface area (Å²) in [6.07, 6.45) is 2.23. The Hall–Kier alpha value is -2.45. The smallest absolute Gasteiger partial charge is 0.159 e. The summed E-state index contributed by atoms with van der Waals surface area (Å²) in [5.74, 6) is 0.111. The van der Waals surface area contributed by atoms with Crippen molar-refractivity contribution in [3.63, 3.8) is 0 Å². The van der Waals surface area contributed by atoms with Gasteiger partial charge in [0.25, 0.3) is 0 Å². The van der Waals surface area contributed by atoms with Crippen LogP contribution in [0.2, 0.25) is 0 Å². The highest BCUT2D eigenvalue weighted by Gasteiger charge is 2.41. The number of carbonyl (C=O) groups excluding carboxylic acids is 1. The molecule has 25 heavy (non-hydrogen) atoms. The van der Waals surface area contributed by atoms with Crippen LogP contribution in [0, 0.1) is 0 Å². The Labute approximate surface area is 148 Å². The molecule has 2 heteroatoms. The van der Waals surface area contributed by atoms with Crippen molar-refractivity contribution in [2.45, 2.75) is 26.2 Å². The maximum atomic E-state index is 11.8. The molecule has 0 N–H and O–H groups in total. The first kappa shape index (κ1) is 16.0. The molecular weight excluding hydrogens is 308 g/mol. The molecule has 2 aromatic carbocycles. The van der Waals surface area contributed by atoms with Crippen LogP contribution in [0.1, 0.15) is 47.8 Å². The van der Waals surface area contributed by atoms with E-state index in [9.17, 15) is 4.79 Å². The van der Waals surface area contributed by atoms with Crippen LogP contribution in [0.4, 0.5) is 0 Å². The lowest BCUT2D eigenvalue weighted by Gasteiger charge is -2.29. The first-order valence-corrected chi connectivity index (χ1v) is 8.71. The summed E-state index contributed by atoms with van der Waals surface area (Å²) in [4.78, 5) is 11.8. The lowest BCUT2D eigenvalue weighted by molar-refractivity contribution is 0.101. The molecule has 0 fully saturated rings. The summed E-state index contributed by atoms with van der Waals surface area (Å²) in [6, 6.07) is 16.5. The molecule has 1 aliphatic heterocycles. The maximum Gasteiger partial charge on any atom is 0.159 e. The molecule has 126 valence electrons. The van der Waals surface area contributed by atoms with Gasteiger partial charge >= 0.3 is 0 Å². The van der Waals surface area contributed by atoms with E-state index in [0.717, 1.165) is 5.56 Å². The van der Waals surface area contributed by atoms with E-state index in [4.69, 9.17) is 4.74 Å². The average Bonchev–Trinajstić information content (AvgIpc) is 2.84. The molecule has 0 aromatic heterocycles. The van der Waals surface area contributed by atoms with Crippen molar-refractivity contribution in [3.05, 3.63) is 81.9 Å². The van der Waals surface area contributed by atoms with Gasteiger partial charge in [-0.05, 0) is 52.5 Å². The molecule has 0 bridgehead atoms. The van der Waals surface area contributed by atoms with Crippen molar-refractivity contribution in [1.82, 2.24) is 0 Å². The normalized spacial score (nSPS) is 19.7. The molecule has 2 nitrogen and oxygen atoms in total. The van der Waals surface area contributed by atoms with E-state index >= 15 is 0 Å². The van der Waals surface area contributed by atoms with Crippen LogP contribution in [0.5, 0.6) is 0 Å². The summed E-state index contributed by atoms with van der Waals surface area (Å²) >= 11 is 0. The minimum absolute atomic E-state index is 0.111. The molecule has 4 rings (SSSR count). The van der Waals surface area contributed by atoms with E-state index in [1.54, 1.807) is 6.92 Å². The molecule has 0 atom stereocenters. The molecule has 1 heterocycles.